The van der Waals surface area contributed by atoms with E-state index in [9.17, 15) is 0 Å². The zero-order chi connectivity index (χ0) is 14.6. The van der Waals surface area contributed by atoms with E-state index in [1.165, 1.54) is 4.90 Å². The molecule has 104 valence electrons. The van der Waals surface area contributed by atoms with Crippen molar-refractivity contribution in [1.29, 1.82) is 0 Å². The Morgan fingerprint density at radius 1 is 0.857 bits per heavy atom. The van der Waals surface area contributed by atoms with Crippen LogP contribution in [-0.2, 0) is 7.05 Å². The summed E-state index contributed by atoms with van der Waals surface area (Å²) in [5.74, 6) is 1.33. The molecule has 0 aromatic carbocycles. The number of aromatic nitrogens is 1. The largest absolute Gasteiger partial charge is 0.348 e. The van der Waals surface area contributed by atoms with E-state index >= 15 is 0 Å². The van der Waals surface area contributed by atoms with Gasteiger partial charge in [-0.2, -0.15) is 30.0 Å². The van der Waals surface area contributed by atoms with Crippen LogP contribution in [0.3, 0.4) is 0 Å². The summed E-state index contributed by atoms with van der Waals surface area (Å²) >= 11 is 11.8. The Morgan fingerprint density at radius 2 is 1.48 bits per heavy atom. The molecule has 21 heavy (non-hydrogen) atoms. The van der Waals surface area contributed by atoms with Gasteiger partial charge in [-0.05, 0) is 35.3 Å². The first-order chi connectivity index (χ1) is 10.1. The van der Waals surface area contributed by atoms with Crippen molar-refractivity contribution in [3.63, 3.8) is 0 Å². The van der Waals surface area contributed by atoms with Gasteiger partial charge in [0, 0.05) is 13.2 Å². The lowest BCUT2D eigenvalue weighted by molar-refractivity contribution is 0.827. The summed E-state index contributed by atoms with van der Waals surface area (Å²) in [5, 5.41) is 0.0604. The van der Waals surface area contributed by atoms with E-state index in [1.807, 2.05) is 29.9 Å². The molecule has 3 aliphatic rings. The molecule has 0 unspecified atom stereocenters. The molecule has 1 aromatic heterocycles. The van der Waals surface area contributed by atoms with Crippen molar-refractivity contribution in [3.8, 4) is 0 Å². The van der Waals surface area contributed by atoms with E-state index < -0.39 is 0 Å². The van der Waals surface area contributed by atoms with Gasteiger partial charge in [0.25, 0.3) is 0 Å². The highest BCUT2D eigenvalue weighted by Gasteiger charge is 2.34. The predicted molar refractivity (Wildman–Crippen MR) is 82.7 cm³/mol. The summed E-state index contributed by atoms with van der Waals surface area (Å²) in [6, 6.07) is 3.78. The van der Waals surface area contributed by atoms with Crippen LogP contribution in [0.4, 0.5) is 0 Å². The maximum Gasteiger partial charge on any atom is 0.245 e. The lowest BCUT2D eigenvalue weighted by Crippen LogP contribution is -2.47. The second-order valence-electron chi connectivity index (χ2n) is 4.27. The normalized spacial score (nSPS) is 19.9. The number of amidine groups is 3. The predicted octanol–water partition coefficient (Wildman–Crippen LogP) is 1.37. The van der Waals surface area contributed by atoms with E-state index in [0.29, 0.717) is 17.8 Å². The van der Waals surface area contributed by atoms with Crippen LogP contribution in [0.1, 0.15) is 5.69 Å². The number of guanidine groups is 3. The standard InChI is InChI=1S/C11H6Cl2N8/c1-20-4-2-3-5(20)6-14-9-16-7(12)18-11-19-8(13)17-10(15-6)21(9)11/h2-4H,1H3. The summed E-state index contributed by atoms with van der Waals surface area (Å²) in [6.07, 6.45) is 1.89. The molecular formula is C11H6Cl2N8. The van der Waals surface area contributed by atoms with Gasteiger partial charge in [0.15, 0.2) is 5.84 Å². The van der Waals surface area contributed by atoms with E-state index in [4.69, 9.17) is 23.2 Å². The fourth-order valence-electron chi connectivity index (χ4n) is 2.05. The van der Waals surface area contributed by atoms with Crippen LogP contribution in [0.5, 0.6) is 0 Å². The Labute approximate surface area is 128 Å². The molecule has 3 aliphatic heterocycles. The smallest absolute Gasteiger partial charge is 0.245 e. The van der Waals surface area contributed by atoms with Crippen LogP contribution in [0, 0.1) is 0 Å². The third-order valence-corrected chi connectivity index (χ3v) is 3.29. The number of hydrogen-bond donors (Lipinski definition) is 0. The van der Waals surface area contributed by atoms with Gasteiger partial charge in [-0.1, -0.05) is 0 Å². The molecule has 1 aromatic rings. The summed E-state index contributed by atoms with van der Waals surface area (Å²) in [5.41, 5.74) is 0.818. The highest BCUT2D eigenvalue weighted by molar-refractivity contribution is 6.69. The maximum atomic E-state index is 5.89. The van der Waals surface area contributed by atoms with Gasteiger partial charge in [-0.3, -0.25) is 0 Å². The highest BCUT2D eigenvalue weighted by atomic mass is 35.5. The fraction of sp³-hybridized carbons (Fsp3) is 0.0909. The topological polar surface area (TPSA) is 82.3 Å². The number of halogens is 2. The number of aryl methyl sites for hydroxylation is 1. The average Bonchev–Trinajstić information content (AvgIpc) is 2.83. The first-order valence-corrected chi connectivity index (χ1v) is 6.62. The molecule has 10 heteroatoms. The molecular weight excluding hydrogens is 315 g/mol. The van der Waals surface area contributed by atoms with Gasteiger partial charge in [0.2, 0.25) is 28.5 Å². The summed E-state index contributed by atoms with van der Waals surface area (Å²) in [6.45, 7) is 0. The molecule has 0 N–H and O–H groups in total. The minimum absolute atomic E-state index is 0.0302. The number of hydrogen-bond acceptors (Lipinski definition) is 7. The fourth-order valence-corrected chi connectivity index (χ4v) is 2.35. The monoisotopic (exact) mass is 320 g/mol. The van der Waals surface area contributed by atoms with Gasteiger partial charge in [-0.15, -0.1) is 0 Å². The maximum absolute atomic E-state index is 5.89. The van der Waals surface area contributed by atoms with E-state index in [0.717, 1.165) is 5.69 Å². The number of aliphatic imine (C=N–C) groups is 6. The van der Waals surface area contributed by atoms with Crippen LogP contribution in [0.25, 0.3) is 0 Å². The van der Waals surface area contributed by atoms with Gasteiger partial charge in [0.05, 0.1) is 5.69 Å². The van der Waals surface area contributed by atoms with Crippen molar-refractivity contribution in [3.05, 3.63) is 24.0 Å². The van der Waals surface area contributed by atoms with Crippen molar-refractivity contribution in [2.24, 2.45) is 37.0 Å². The first-order valence-electron chi connectivity index (χ1n) is 5.87. The lowest BCUT2D eigenvalue weighted by Gasteiger charge is -2.28. The zero-order valence-electron chi connectivity index (χ0n) is 10.6. The van der Waals surface area contributed by atoms with Crippen molar-refractivity contribution in [1.82, 2.24) is 9.47 Å². The Balaban J connectivity index is 1.92. The second-order valence-corrected chi connectivity index (χ2v) is 4.95. The molecule has 0 amide bonds. The number of nitrogens with zero attached hydrogens (tertiary/aromatic N) is 8. The zero-order valence-corrected chi connectivity index (χ0v) is 12.1. The molecule has 0 spiro atoms. The van der Waals surface area contributed by atoms with Crippen LogP contribution < -0.4 is 0 Å². The molecule has 0 saturated carbocycles. The van der Waals surface area contributed by atoms with Gasteiger partial charge >= 0.3 is 0 Å². The minimum atomic E-state index is 0.0302. The van der Waals surface area contributed by atoms with E-state index in [-0.39, 0.29) is 16.5 Å². The quantitative estimate of drug-likeness (QED) is 0.719. The third-order valence-electron chi connectivity index (χ3n) is 2.95. The summed E-state index contributed by atoms with van der Waals surface area (Å²) in [7, 11) is 1.89. The minimum Gasteiger partial charge on any atom is -0.348 e. The van der Waals surface area contributed by atoms with Crippen LogP contribution in [-0.4, -0.2) is 43.8 Å². The SMILES string of the molecule is Cn1cccc1C1=NC2=NC(Cl)=NC3=NC(Cl)=NC(=N1)N32. The Kier molecular flexibility index (Phi) is 2.57. The molecule has 4 rings (SSSR count). The molecule has 0 fully saturated rings. The first kappa shape index (κ1) is 12.4. The van der Waals surface area contributed by atoms with Crippen LogP contribution in [0.2, 0.25) is 0 Å². The summed E-state index contributed by atoms with van der Waals surface area (Å²) < 4.78 is 1.89. The molecule has 4 heterocycles. The van der Waals surface area contributed by atoms with Crippen molar-refractivity contribution >= 4 is 57.5 Å². The molecule has 8 nitrogen and oxygen atoms in total. The summed E-state index contributed by atoms with van der Waals surface area (Å²) in [4.78, 5) is 26.4. The third kappa shape index (κ3) is 1.91. The van der Waals surface area contributed by atoms with Crippen molar-refractivity contribution < 1.29 is 0 Å². The second kappa shape index (κ2) is 4.34. The van der Waals surface area contributed by atoms with Crippen LogP contribution in [0.15, 0.2) is 48.3 Å². The van der Waals surface area contributed by atoms with E-state index in [1.54, 1.807) is 0 Å². The molecule has 0 radical (unpaired) electrons. The number of rotatable bonds is 1. The van der Waals surface area contributed by atoms with Gasteiger partial charge < -0.3 is 4.57 Å². The highest BCUT2D eigenvalue weighted by Crippen LogP contribution is 2.20. The Bertz CT molecular complexity index is 836. The Morgan fingerprint density at radius 3 is 2.10 bits per heavy atom. The lowest BCUT2D eigenvalue weighted by atomic mass is 10.3. The molecule has 0 atom stereocenters. The van der Waals surface area contributed by atoms with Gasteiger partial charge in [0.1, 0.15) is 0 Å². The van der Waals surface area contributed by atoms with Crippen molar-refractivity contribution in [2.75, 3.05) is 0 Å². The van der Waals surface area contributed by atoms with Crippen molar-refractivity contribution in [2.45, 2.75) is 0 Å². The molecule has 0 aliphatic carbocycles. The average molecular weight is 321 g/mol. The van der Waals surface area contributed by atoms with Gasteiger partial charge in [-0.25, -0.2) is 4.90 Å². The molecule has 0 saturated heterocycles. The van der Waals surface area contributed by atoms with E-state index in [2.05, 4.69) is 30.0 Å². The molecule has 0 bridgehead atoms. The van der Waals surface area contributed by atoms with Crippen LogP contribution >= 0.6 is 23.2 Å². The Hall–Kier alpha value is -2.32.